The second-order valence-electron chi connectivity index (χ2n) is 3.47. The molecule has 2 rings (SSSR count). The van der Waals surface area contributed by atoms with Gasteiger partial charge in [-0.25, -0.2) is 0 Å². The first-order valence-electron chi connectivity index (χ1n) is 4.79. The molecule has 1 amide bonds. The first kappa shape index (κ1) is 12.0. The minimum Gasteiger partial charge on any atom is -0.502 e. The molecule has 0 unspecified atom stereocenters. The van der Waals surface area contributed by atoms with E-state index in [2.05, 4.69) is 10.6 Å². The van der Waals surface area contributed by atoms with Crippen molar-refractivity contribution in [2.75, 3.05) is 0 Å². The number of phenolic OH excluding ortho intramolecular Hbond substituents is 1. The van der Waals surface area contributed by atoms with Crippen molar-refractivity contribution in [3.8, 4) is 5.75 Å². The molecule has 0 radical (unpaired) electrons. The molecule has 7 nitrogen and oxygen atoms in total. The molecule has 1 aromatic rings. The van der Waals surface area contributed by atoms with Crippen LogP contribution in [0, 0.1) is 10.1 Å². The van der Waals surface area contributed by atoms with Gasteiger partial charge in [-0.2, -0.15) is 0 Å². The average Bonchev–Trinajstić information content (AvgIpc) is 2.60. The van der Waals surface area contributed by atoms with Crippen LogP contribution in [0.3, 0.4) is 0 Å². The smallest absolute Gasteiger partial charge is 0.311 e. The second kappa shape index (κ2) is 4.41. The summed E-state index contributed by atoms with van der Waals surface area (Å²) in [5, 5.41) is 25.1. The van der Waals surface area contributed by atoms with Gasteiger partial charge in [0.2, 0.25) is 0 Å². The molecule has 0 aliphatic carbocycles. The number of phenols is 1. The number of hydrogen-bond donors (Lipinski definition) is 3. The van der Waals surface area contributed by atoms with Crippen molar-refractivity contribution < 1.29 is 14.8 Å². The number of carbonyl (C=O) groups excluding carboxylic acids is 1. The lowest BCUT2D eigenvalue weighted by molar-refractivity contribution is -0.385. The van der Waals surface area contributed by atoms with Gasteiger partial charge in [0, 0.05) is 6.07 Å². The van der Waals surface area contributed by atoms with Crippen molar-refractivity contribution in [1.82, 2.24) is 10.6 Å². The van der Waals surface area contributed by atoms with Crippen molar-refractivity contribution in [2.45, 2.75) is 0 Å². The van der Waals surface area contributed by atoms with E-state index < -0.39 is 22.3 Å². The fraction of sp³-hybridized carbons (Fsp3) is 0. The Labute approximate surface area is 106 Å². The Balaban J connectivity index is 2.38. The van der Waals surface area contributed by atoms with Gasteiger partial charge in [0.05, 0.1) is 4.92 Å². The summed E-state index contributed by atoms with van der Waals surface area (Å²) in [4.78, 5) is 21.3. The molecule has 8 heteroatoms. The summed E-state index contributed by atoms with van der Waals surface area (Å²) >= 11 is 4.75. The monoisotopic (exact) mass is 265 g/mol. The fourth-order valence-electron chi connectivity index (χ4n) is 1.43. The number of nitro benzene ring substituents is 1. The average molecular weight is 265 g/mol. The Kier molecular flexibility index (Phi) is 2.94. The fourth-order valence-corrected chi connectivity index (χ4v) is 1.63. The van der Waals surface area contributed by atoms with Crippen LogP contribution in [-0.4, -0.2) is 21.0 Å². The molecule has 0 aromatic heterocycles. The van der Waals surface area contributed by atoms with Crippen molar-refractivity contribution in [2.24, 2.45) is 0 Å². The van der Waals surface area contributed by atoms with Crippen molar-refractivity contribution in [3.63, 3.8) is 0 Å². The Morgan fingerprint density at radius 2 is 2.11 bits per heavy atom. The van der Waals surface area contributed by atoms with Gasteiger partial charge >= 0.3 is 5.69 Å². The van der Waals surface area contributed by atoms with Crippen LogP contribution in [0.4, 0.5) is 5.69 Å². The molecule has 1 heterocycles. The summed E-state index contributed by atoms with van der Waals surface area (Å²) in [6.45, 7) is 0. The number of benzene rings is 1. The number of carbonyl (C=O) groups is 1. The van der Waals surface area contributed by atoms with E-state index in [4.69, 9.17) is 12.2 Å². The third kappa shape index (κ3) is 2.28. The molecule has 1 aliphatic heterocycles. The molecule has 1 aromatic carbocycles. The minimum atomic E-state index is -0.704. The SMILES string of the molecule is O=C1NC(=S)N/C1=C\c1ccc(O)c([N+](=O)[O-])c1. The van der Waals surface area contributed by atoms with Gasteiger partial charge in [-0.05, 0) is 29.9 Å². The Hall–Kier alpha value is -2.48. The third-order valence-corrected chi connectivity index (χ3v) is 2.43. The lowest BCUT2D eigenvalue weighted by Gasteiger charge is -1.99. The standard InChI is InChI=1S/C10H7N3O4S/c14-8-2-1-5(4-7(8)13(16)17)3-6-9(15)12-10(18)11-6/h1-4,14H,(H2,11,12,15,18)/b6-3-. The molecule has 92 valence electrons. The number of nitro groups is 1. The zero-order chi connectivity index (χ0) is 13.3. The molecule has 1 fully saturated rings. The molecule has 0 bridgehead atoms. The first-order chi connectivity index (χ1) is 8.47. The molecule has 18 heavy (non-hydrogen) atoms. The summed E-state index contributed by atoms with van der Waals surface area (Å²) in [5.41, 5.74) is 0.173. The van der Waals surface area contributed by atoms with E-state index >= 15 is 0 Å². The predicted molar refractivity (Wildman–Crippen MR) is 66.6 cm³/mol. The molecular weight excluding hydrogens is 258 g/mol. The summed E-state index contributed by atoms with van der Waals surface area (Å²) in [6, 6.07) is 3.81. The van der Waals surface area contributed by atoms with Crippen LogP contribution >= 0.6 is 12.2 Å². The number of aromatic hydroxyl groups is 1. The van der Waals surface area contributed by atoms with E-state index in [9.17, 15) is 20.0 Å². The number of thiocarbonyl (C=S) groups is 1. The van der Waals surface area contributed by atoms with E-state index in [1.165, 1.54) is 24.3 Å². The number of nitrogens with one attached hydrogen (secondary N) is 2. The largest absolute Gasteiger partial charge is 0.502 e. The maximum atomic E-state index is 11.4. The highest BCUT2D eigenvalue weighted by Crippen LogP contribution is 2.27. The molecule has 0 spiro atoms. The molecule has 0 saturated carbocycles. The summed E-state index contributed by atoms with van der Waals surface area (Å²) < 4.78 is 0. The molecular formula is C10H7N3O4S. The summed E-state index contributed by atoms with van der Waals surface area (Å²) in [5.74, 6) is -0.836. The normalized spacial score (nSPS) is 16.6. The third-order valence-electron chi connectivity index (χ3n) is 2.23. The quantitative estimate of drug-likeness (QED) is 0.314. The Bertz CT molecular complexity index is 597. The zero-order valence-electron chi connectivity index (χ0n) is 8.84. The van der Waals surface area contributed by atoms with Crippen LogP contribution in [0.5, 0.6) is 5.75 Å². The van der Waals surface area contributed by atoms with Crippen LogP contribution in [0.15, 0.2) is 23.9 Å². The molecule has 1 aliphatic rings. The van der Waals surface area contributed by atoms with E-state index in [0.29, 0.717) is 5.56 Å². The van der Waals surface area contributed by atoms with Gasteiger partial charge in [-0.1, -0.05) is 6.07 Å². The molecule has 3 N–H and O–H groups in total. The number of amides is 1. The lowest BCUT2D eigenvalue weighted by atomic mass is 10.1. The Morgan fingerprint density at radius 3 is 2.67 bits per heavy atom. The first-order valence-corrected chi connectivity index (χ1v) is 5.19. The van der Waals surface area contributed by atoms with E-state index in [-0.39, 0.29) is 10.8 Å². The topological polar surface area (TPSA) is 104 Å². The van der Waals surface area contributed by atoms with Crippen molar-refractivity contribution in [3.05, 3.63) is 39.6 Å². The highest BCUT2D eigenvalue weighted by atomic mass is 32.1. The molecule has 1 saturated heterocycles. The number of nitrogens with zero attached hydrogens (tertiary/aromatic N) is 1. The van der Waals surface area contributed by atoms with Crippen LogP contribution in [0.1, 0.15) is 5.56 Å². The van der Waals surface area contributed by atoms with Gasteiger partial charge in [0.1, 0.15) is 5.70 Å². The predicted octanol–water partition coefficient (Wildman–Crippen LogP) is 0.646. The van der Waals surface area contributed by atoms with Crippen LogP contribution < -0.4 is 10.6 Å². The van der Waals surface area contributed by atoms with E-state index in [1.54, 1.807) is 0 Å². The maximum Gasteiger partial charge on any atom is 0.311 e. The van der Waals surface area contributed by atoms with Gasteiger partial charge in [0.25, 0.3) is 5.91 Å². The second-order valence-corrected chi connectivity index (χ2v) is 3.88. The maximum absolute atomic E-state index is 11.4. The highest BCUT2D eigenvalue weighted by Gasteiger charge is 2.20. The number of hydrogen-bond acceptors (Lipinski definition) is 5. The molecule has 0 atom stereocenters. The minimum absolute atomic E-state index is 0.180. The summed E-state index contributed by atoms with van der Waals surface area (Å²) in [6.07, 6.45) is 1.40. The van der Waals surface area contributed by atoms with Gasteiger partial charge in [-0.3, -0.25) is 20.2 Å². The van der Waals surface area contributed by atoms with E-state index in [0.717, 1.165) is 0 Å². The summed E-state index contributed by atoms with van der Waals surface area (Å²) in [7, 11) is 0. The van der Waals surface area contributed by atoms with Crippen molar-refractivity contribution >= 4 is 35.0 Å². The highest BCUT2D eigenvalue weighted by molar-refractivity contribution is 7.80. The zero-order valence-corrected chi connectivity index (χ0v) is 9.65. The van der Waals surface area contributed by atoms with E-state index in [1.807, 2.05) is 0 Å². The lowest BCUT2D eigenvalue weighted by Crippen LogP contribution is -2.21. The van der Waals surface area contributed by atoms with Crippen LogP contribution in [0.2, 0.25) is 0 Å². The van der Waals surface area contributed by atoms with Crippen LogP contribution in [0.25, 0.3) is 6.08 Å². The van der Waals surface area contributed by atoms with Gasteiger partial charge in [0.15, 0.2) is 10.9 Å². The van der Waals surface area contributed by atoms with Gasteiger partial charge in [-0.15, -0.1) is 0 Å². The van der Waals surface area contributed by atoms with Gasteiger partial charge < -0.3 is 10.4 Å². The Morgan fingerprint density at radius 1 is 1.39 bits per heavy atom. The van der Waals surface area contributed by atoms with Crippen LogP contribution in [-0.2, 0) is 4.79 Å². The van der Waals surface area contributed by atoms with Crippen molar-refractivity contribution in [1.29, 1.82) is 0 Å². The number of rotatable bonds is 2.